The molecule has 0 aliphatic rings. The Morgan fingerprint density at radius 2 is 1.64 bits per heavy atom. The minimum absolute atomic E-state index is 0.0757. The molecule has 0 radical (unpaired) electrons. The fraction of sp³-hybridized carbons (Fsp3) is 0.0588. The molecule has 2 N–H and O–H groups in total. The van der Waals surface area contributed by atoms with E-state index in [2.05, 4.69) is 10.1 Å². The summed E-state index contributed by atoms with van der Waals surface area (Å²) < 4.78 is 49.0. The van der Waals surface area contributed by atoms with Gasteiger partial charge in [0, 0.05) is 5.56 Å². The summed E-state index contributed by atoms with van der Waals surface area (Å²) in [6.07, 6.45) is 1.56. The second kappa shape index (κ2) is 6.78. The fourth-order valence-electron chi connectivity index (χ4n) is 2.65. The molecule has 144 valence electrons. The molecule has 4 rings (SSSR count). The zero-order valence-electron chi connectivity index (χ0n) is 14.3. The molecule has 0 amide bonds. The van der Waals surface area contributed by atoms with Gasteiger partial charge in [-0.05, 0) is 17.7 Å². The van der Waals surface area contributed by atoms with Crippen LogP contribution in [0.1, 0.15) is 5.56 Å². The lowest BCUT2D eigenvalue weighted by Crippen LogP contribution is -2.12. The van der Waals surface area contributed by atoms with E-state index in [9.17, 15) is 16.8 Å². The first kappa shape index (κ1) is 18.7. The predicted octanol–water partition coefficient (Wildman–Crippen LogP) is 2.08. The van der Waals surface area contributed by atoms with Gasteiger partial charge >= 0.3 is 0 Å². The molecule has 11 heteroatoms. The van der Waals surface area contributed by atoms with Crippen molar-refractivity contribution in [1.29, 1.82) is 0 Å². The van der Waals surface area contributed by atoms with E-state index in [1.165, 1.54) is 16.6 Å². The summed E-state index contributed by atoms with van der Waals surface area (Å²) in [5.74, 6) is -0.0757. The van der Waals surface area contributed by atoms with Gasteiger partial charge in [-0.1, -0.05) is 53.8 Å². The average molecular weight is 435 g/mol. The maximum Gasteiger partial charge on any atom is 0.267 e. The third-order valence-corrected chi connectivity index (χ3v) is 7.91. The fourth-order valence-corrected chi connectivity index (χ4v) is 5.50. The molecule has 2 aromatic carbocycles. The molecular weight excluding hydrogens is 420 g/mol. The molecule has 2 heterocycles. The molecular formula is C17H14N4O4S3. The highest BCUT2D eigenvalue weighted by atomic mass is 32.2. The number of benzene rings is 2. The van der Waals surface area contributed by atoms with Crippen molar-refractivity contribution in [3.63, 3.8) is 0 Å². The Morgan fingerprint density at radius 1 is 0.964 bits per heavy atom. The van der Waals surface area contributed by atoms with Gasteiger partial charge in [-0.25, -0.2) is 31.5 Å². The van der Waals surface area contributed by atoms with Crippen molar-refractivity contribution in [2.24, 2.45) is 5.14 Å². The molecule has 0 atom stereocenters. The van der Waals surface area contributed by atoms with E-state index in [4.69, 9.17) is 5.14 Å². The monoisotopic (exact) mass is 434 g/mol. The molecule has 0 saturated carbocycles. The van der Waals surface area contributed by atoms with Crippen LogP contribution >= 0.6 is 11.3 Å². The summed E-state index contributed by atoms with van der Waals surface area (Å²) in [6.45, 7) is 0. The summed E-state index contributed by atoms with van der Waals surface area (Å²) >= 11 is 0.860. The van der Waals surface area contributed by atoms with Gasteiger partial charge in [0.25, 0.3) is 10.0 Å². The number of sulfonamides is 1. The number of aromatic nitrogens is 3. The number of imidazole rings is 1. The average Bonchev–Trinajstić information content (AvgIpc) is 3.21. The van der Waals surface area contributed by atoms with Crippen LogP contribution in [-0.2, 0) is 25.6 Å². The Labute approximate surface area is 165 Å². The molecule has 4 aromatic rings. The summed E-state index contributed by atoms with van der Waals surface area (Å²) in [7, 11) is -7.34. The van der Waals surface area contributed by atoms with Crippen molar-refractivity contribution < 1.29 is 16.8 Å². The van der Waals surface area contributed by atoms with Gasteiger partial charge in [0.05, 0.1) is 22.5 Å². The number of sulfone groups is 1. The topological polar surface area (TPSA) is 124 Å². The van der Waals surface area contributed by atoms with Gasteiger partial charge in [-0.2, -0.15) is 0 Å². The lowest BCUT2D eigenvalue weighted by Gasteiger charge is -2.05. The van der Waals surface area contributed by atoms with Gasteiger partial charge in [0.1, 0.15) is 0 Å². The first-order valence-electron chi connectivity index (χ1n) is 7.98. The van der Waals surface area contributed by atoms with E-state index in [0.29, 0.717) is 16.2 Å². The smallest absolute Gasteiger partial charge is 0.223 e. The van der Waals surface area contributed by atoms with E-state index < -0.39 is 19.9 Å². The zero-order valence-corrected chi connectivity index (χ0v) is 16.7. The van der Waals surface area contributed by atoms with Crippen LogP contribution in [0.4, 0.5) is 0 Å². The number of fused-ring (bicyclic) bond motifs is 1. The molecule has 0 spiro atoms. The molecule has 28 heavy (non-hydrogen) atoms. The number of nitrogens with two attached hydrogens (primary N) is 1. The van der Waals surface area contributed by atoms with Crippen molar-refractivity contribution in [3.8, 4) is 11.3 Å². The van der Waals surface area contributed by atoms with Crippen molar-refractivity contribution in [1.82, 2.24) is 14.6 Å². The minimum atomic E-state index is -3.88. The molecule has 0 aliphatic carbocycles. The van der Waals surface area contributed by atoms with E-state index in [1.54, 1.807) is 42.6 Å². The quantitative estimate of drug-likeness (QED) is 0.513. The van der Waals surface area contributed by atoms with Gasteiger partial charge in [-0.15, -0.1) is 5.10 Å². The highest BCUT2D eigenvalue weighted by molar-refractivity contribution is 7.91. The molecule has 0 aliphatic heterocycles. The Kier molecular flexibility index (Phi) is 4.54. The Bertz CT molecular complexity index is 1330. The summed E-state index contributed by atoms with van der Waals surface area (Å²) in [5.41, 5.74) is 1.96. The van der Waals surface area contributed by atoms with Gasteiger partial charge in [-0.3, -0.25) is 0 Å². The third kappa shape index (κ3) is 3.69. The molecule has 0 unspecified atom stereocenters. The number of hydrogen-bond donors (Lipinski definition) is 1. The van der Waals surface area contributed by atoms with Crippen LogP contribution < -0.4 is 5.14 Å². The second-order valence-electron chi connectivity index (χ2n) is 6.04. The van der Waals surface area contributed by atoms with E-state index in [0.717, 1.165) is 16.9 Å². The largest absolute Gasteiger partial charge is 0.267 e. The maximum absolute atomic E-state index is 12.6. The predicted molar refractivity (Wildman–Crippen MR) is 105 cm³/mol. The van der Waals surface area contributed by atoms with Crippen molar-refractivity contribution in [2.45, 2.75) is 15.0 Å². The second-order valence-corrected chi connectivity index (χ2v) is 10.7. The van der Waals surface area contributed by atoms with E-state index in [1.807, 2.05) is 6.07 Å². The molecule has 0 saturated heterocycles. The maximum atomic E-state index is 12.6. The summed E-state index contributed by atoms with van der Waals surface area (Å²) in [5, 5.41) is 8.96. The zero-order chi connectivity index (χ0) is 19.9. The van der Waals surface area contributed by atoms with Crippen molar-refractivity contribution in [2.75, 3.05) is 0 Å². The lowest BCUT2D eigenvalue weighted by atomic mass is 10.2. The Hall–Kier alpha value is -2.60. The highest BCUT2D eigenvalue weighted by Crippen LogP contribution is 2.25. The SMILES string of the molecule is NS(=O)(=O)c1nn2cc(-c3ccc(S(=O)(=O)Cc4ccccc4)cc3)nc2s1. The molecule has 2 aromatic heterocycles. The Balaban J connectivity index is 1.61. The molecule has 0 bridgehead atoms. The van der Waals surface area contributed by atoms with Crippen LogP contribution in [-0.4, -0.2) is 31.4 Å². The van der Waals surface area contributed by atoms with E-state index in [-0.39, 0.29) is 15.0 Å². The number of rotatable bonds is 5. The van der Waals surface area contributed by atoms with Crippen molar-refractivity contribution >= 4 is 36.2 Å². The lowest BCUT2D eigenvalue weighted by molar-refractivity contribution is 0.593. The summed E-state index contributed by atoms with van der Waals surface area (Å²) in [4.78, 5) is 4.92. The van der Waals surface area contributed by atoms with Crippen LogP contribution in [0.2, 0.25) is 0 Å². The van der Waals surface area contributed by atoms with Crippen LogP contribution in [0.5, 0.6) is 0 Å². The first-order chi connectivity index (χ1) is 13.2. The summed E-state index contributed by atoms with van der Waals surface area (Å²) in [6, 6.07) is 15.4. The van der Waals surface area contributed by atoms with Crippen LogP contribution in [0.15, 0.2) is 70.0 Å². The van der Waals surface area contributed by atoms with Crippen LogP contribution in [0, 0.1) is 0 Å². The third-order valence-electron chi connectivity index (χ3n) is 3.98. The normalized spacial score (nSPS) is 12.5. The molecule has 0 fully saturated rings. The van der Waals surface area contributed by atoms with Gasteiger partial charge in [0.2, 0.25) is 9.30 Å². The van der Waals surface area contributed by atoms with Crippen LogP contribution in [0.3, 0.4) is 0 Å². The number of primary sulfonamides is 1. The Morgan fingerprint density at radius 3 is 2.25 bits per heavy atom. The standard InChI is InChI=1S/C17H14N4O4S3/c18-28(24,25)17-20-21-10-15(19-16(21)26-17)13-6-8-14(9-7-13)27(22,23)11-12-4-2-1-3-5-12/h1-10H,11H2,(H2,18,24,25). The molecule has 8 nitrogen and oxygen atoms in total. The number of nitrogens with zero attached hydrogens (tertiary/aromatic N) is 3. The first-order valence-corrected chi connectivity index (χ1v) is 12.0. The van der Waals surface area contributed by atoms with E-state index >= 15 is 0 Å². The van der Waals surface area contributed by atoms with Crippen molar-refractivity contribution in [3.05, 3.63) is 66.4 Å². The van der Waals surface area contributed by atoms with Gasteiger partial charge in [0.15, 0.2) is 9.84 Å². The number of hydrogen-bond acceptors (Lipinski definition) is 7. The van der Waals surface area contributed by atoms with Crippen LogP contribution in [0.25, 0.3) is 16.2 Å². The minimum Gasteiger partial charge on any atom is -0.223 e. The van der Waals surface area contributed by atoms with Gasteiger partial charge < -0.3 is 0 Å². The highest BCUT2D eigenvalue weighted by Gasteiger charge is 2.18.